The number of ether oxygens (including phenoxy) is 1. The summed E-state index contributed by atoms with van der Waals surface area (Å²) in [6.45, 7) is 6.10. The molecule has 7 heteroatoms. The second kappa shape index (κ2) is 8.50. The lowest BCUT2D eigenvalue weighted by Gasteiger charge is -2.38. The highest BCUT2D eigenvalue weighted by atomic mass is 35.5. The van der Waals surface area contributed by atoms with Crippen LogP contribution < -0.4 is 15.0 Å². The summed E-state index contributed by atoms with van der Waals surface area (Å²) in [5.74, 6) is 0.749. The lowest BCUT2D eigenvalue weighted by molar-refractivity contribution is 0.0919. The zero-order valence-electron chi connectivity index (χ0n) is 17.3. The van der Waals surface area contributed by atoms with E-state index in [0.717, 1.165) is 41.0 Å². The Morgan fingerprint density at radius 3 is 2.60 bits per heavy atom. The molecule has 1 aliphatic rings. The minimum absolute atomic E-state index is 0.0627. The van der Waals surface area contributed by atoms with Crippen molar-refractivity contribution in [3.05, 3.63) is 58.2 Å². The predicted octanol–water partition coefficient (Wildman–Crippen LogP) is 5.03. The van der Waals surface area contributed by atoms with Crippen LogP contribution in [0.25, 0.3) is 10.9 Å². The van der Waals surface area contributed by atoms with Crippen LogP contribution in [0.2, 0.25) is 10.0 Å². The Morgan fingerprint density at radius 1 is 1.17 bits per heavy atom. The Balaban J connectivity index is 1.71. The summed E-state index contributed by atoms with van der Waals surface area (Å²) in [7, 11) is 1.68. The third-order valence-electron chi connectivity index (χ3n) is 5.53. The van der Waals surface area contributed by atoms with Gasteiger partial charge in [-0.3, -0.25) is 9.36 Å². The topological polar surface area (TPSA) is 46.5 Å². The van der Waals surface area contributed by atoms with Gasteiger partial charge in [-0.15, -0.1) is 0 Å². The van der Waals surface area contributed by atoms with Crippen molar-refractivity contribution in [1.82, 2.24) is 9.88 Å². The van der Waals surface area contributed by atoms with Crippen LogP contribution in [0, 0.1) is 0 Å². The second-order valence-corrected chi connectivity index (χ2v) is 8.71. The van der Waals surface area contributed by atoms with Gasteiger partial charge in [0.2, 0.25) is 5.91 Å². The standard InChI is InChI=1S/C23H25Cl2N3O2/c1-14-12-27(13-15(2)26-14)20-11-19-16(9-21(20)30-3)7-8-28(19)22(29)10-17-5-4-6-18(24)23(17)25/h4-9,11,14-15,26H,10,12-13H2,1-3H3. The van der Waals surface area contributed by atoms with Gasteiger partial charge in [0, 0.05) is 36.8 Å². The maximum atomic E-state index is 13.1. The van der Waals surface area contributed by atoms with Gasteiger partial charge in [0.15, 0.2) is 0 Å². The molecule has 1 aromatic heterocycles. The molecule has 4 rings (SSSR count). The van der Waals surface area contributed by atoms with Gasteiger partial charge in [-0.2, -0.15) is 0 Å². The summed E-state index contributed by atoms with van der Waals surface area (Å²) in [6.07, 6.45) is 1.98. The number of halogens is 2. The number of piperazine rings is 1. The van der Waals surface area contributed by atoms with Crippen LogP contribution in [0.5, 0.6) is 5.75 Å². The van der Waals surface area contributed by atoms with Crippen LogP contribution in [-0.2, 0) is 6.42 Å². The first-order valence-corrected chi connectivity index (χ1v) is 10.8. The van der Waals surface area contributed by atoms with E-state index >= 15 is 0 Å². The molecule has 3 aromatic rings. The molecule has 5 nitrogen and oxygen atoms in total. The predicted molar refractivity (Wildman–Crippen MR) is 124 cm³/mol. The van der Waals surface area contributed by atoms with Gasteiger partial charge >= 0.3 is 0 Å². The average Bonchev–Trinajstić information content (AvgIpc) is 3.12. The van der Waals surface area contributed by atoms with Gasteiger partial charge in [-0.05, 0) is 43.7 Å². The van der Waals surface area contributed by atoms with E-state index < -0.39 is 0 Å². The Labute approximate surface area is 186 Å². The number of aromatic nitrogens is 1. The Kier molecular flexibility index (Phi) is 5.96. The van der Waals surface area contributed by atoms with Gasteiger partial charge in [0.25, 0.3) is 0 Å². The smallest absolute Gasteiger partial charge is 0.235 e. The molecule has 1 N–H and O–H groups in total. The minimum Gasteiger partial charge on any atom is -0.495 e. The molecule has 0 aliphatic carbocycles. The van der Waals surface area contributed by atoms with Gasteiger partial charge in [0.1, 0.15) is 5.75 Å². The Bertz CT molecular complexity index is 1090. The summed E-state index contributed by atoms with van der Waals surface area (Å²) in [4.78, 5) is 15.4. The number of methoxy groups -OCH3 is 1. The largest absolute Gasteiger partial charge is 0.495 e. The molecule has 2 atom stereocenters. The van der Waals surface area contributed by atoms with E-state index in [-0.39, 0.29) is 12.3 Å². The number of nitrogens with zero attached hydrogens (tertiary/aromatic N) is 2. The van der Waals surface area contributed by atoms with Gasteiger partial charge < -0.3 is 15.0 Å². The molecule has 0 spiro atoms. The number of fused-ring (bicyclic) bond motifs is 1. The van der Waals surface area contributed by atoms with Crippen LogP contribution in [0.1, 0.15) is 24.2 Å². The van der Waals surface area contributed by atoms with Crippen molar-refractivity contribution in [2.24, 2.45) is 0 Å². The summed E-state index contributed by atoms with van der Waals surface area (Å²) < 4.78 is 7.37. The van der Waals surface area contributed by atoms with Crippen molar-refractivity contribution in [3.63, 3.8) is 0 Å². The number of hydrogen-bond acceptors (Lipinski definition) is 4. The molecule has 0 radical (unpaired) electrons. The fourth-order valence-corrected chi connectivity index (χ4v) is 4.62. The zero-order chi connectivity index (χ0) is 21.4. The molecule has 158 valence electrons. The fourth-order valence-electron chi connectivity index (χ4n) is 4.24. The Hall–Kier alpha value is -2.21. The first kappa shape index (κ1) is 21.0. The van der Waals surface area contributed by atoms with Crippen molar-refractivity contribution in [1.29, 1.82) is 0 Å². The lowest BCUT2D eigenvalue weighted by atomic mass is 10.1. The third-order valence-corrected chi connectivity index (χ3v) is 6.39. The zero-order valence-corrected chi connectivity index (χ0v) is 18.8. The van der Waals surface area contributed by atoms with E-state index in [1.165, 1.54) is 0 Å². The van der Waals surface area contributed by atoms with E-state index in [4.69, 9.17) is 27.9 Å². The van der Waals surface area contributed by atoms with Crippen molar-refractivity contribution >= 4 is 45.7 Å². The van der Waals surface area contributed by atoms with E-state index in [1.807, 2.05) is 18.2 Å². The molecule has 2 heterocycles. The number of carbonyl (C=O) groups excluding carboxylic acids is 1. The van der Waals surface area contributed by atoms with Gasteiger partial charge in [0.05, 0.1) is 34.8 Å². The number of hydrogen-bond donors (Lipinski definition) is 1. The van der Waals surface area contributed by atoms with Crippen LogP contribution >= 0.6 is 23.2 Å². The van der Waals surface area contributed by atoms with Crippen molar-refractivity contribution in [2.45, 2.75) is 32.4 Å². The first-order chi connectivity index (χ1) is 14.4. The number of rotatable bonds is 4. The van der Waals surface area contributed by atoms with Gasteiger partial charge in [-0.25, -0.2) is 0 Å². The Morgan fingerprint density at radius 2 is 1.90 bits per heavy atom. The van der Waals surface area contributed by atoms with Gasteiger partial charge in [-0.1, -0.05) is 35.3 Å². The molecular weight excluding hydrogens is 421 g/mol. The molecule has 1 aliphatic heterocycles. The van der Waals surface area contributed by atoms with Crippen molar-refractivity contribution in [2.75, 3.05) is 25.1 Å². The molecule has 2 aromatic carbocycles. The molecule has 2 unspecified atom stereocenters. The van der Waals surface area contributed by atoms with E-state index in [1.54, 1.807) is 30.0 Å². The third kappa shape index (κ3) is 4.02. The normalized spacial score (nSPS) is 19.3. The van der Waals surface area contributed by atoms with E-state index in [2.05, 4.69) is 30.1 Å². The van der Waals surface area contributed by atoms with Crippen LogP contribution in [0.4, 0.5) is 5.69 Å². The van der Waals surface area contributed by atoms with Crippen LogP contribution in [0.3, 0.4) is 0 Å². The average molecular weight is 446 g/mol. The highest BCUT2D eigenvalue weighted by Crippen LogP contribution is 2.35. The van der Waals surface area contributed by atoms with E-state index in [9.17, 15) is 4.79 Å². The van der Waals surface area contributed by atoms with Crippen LogP contribution in [-0.4, -0.2) is 42.8 Å². The van der Waals surface area contributed by atoms with E-state index in [0.29, 0.717) is 22.1 Å². The quantitative estimate of drug-likeness (QED) is 0.611. The highest BCUT2D eigenvalue weighted by molar-refractivity contribution is 6.42. The number of nitrogens with one attached hydrogen (secondary N) is 1. The highest BCUT2D eigenvalue weighted by Gasteiger charge is 2.24. The monoisotopic (exact) mass is 445 g/mol. The summed E-state index contributed by atoms with van der Waals surface area (Å²) >= 11 is 12.4. The SMILES string of the molecule is COc1cc2ccn(C(=O)Cc3cccc(Cl)c3Cl)c2cc1N1CC(C)NC(C)C1. The molecule has 30 heavy (non-hydrogen) atoms. The molecule has 0 bridgehead atoms. The number of anilines is 1. The molecule has 1 saturated heterocycles. The molecule has 0 amide bonds. The first-order valence-electron chi connectivity index (χ1n) is 10.0. The maximum Gasteiger partial charge on any atom is 0.235 e. The van der Waals surface area contributed by atoms with Crippen molar-refractivity contribution < 1.29 is 9.53 Å². The van der Waals surface area contributed by atoms with Crippen LogP contribution in [0.15, 0.2) is 42.6 Å². The number of benzene rings is 2. The minimum atomic E-state index is -0.0627. The summed E-state index contributed by atoms with van der Waals surface area (Å²) in [5.41, 5.74) is 2.57. The molecule has 1 fully saturated rings. The number of carbonyl (C=O) groups is 1. The summed E-state index contributed by atoms with van der Waals surface area (Å²) in [5, 5.41) is 5.38. The lowest BCUT2D eigenvalue weighted by Crippen LogP contribution is -2.54. The summed E-state index contributed by atoms with van der Waals surface area (Å²) in [6, 6.07) is 12.1. The fraction of sp³-hybridized carbons (Fsp3) is 0.348. The molecule has 0 saturated carbocycles. The maximum absolute atomic E-state index is 13.1. The molecular formula is C23H25Cl2N3O2. The second-order valence-electron chi connectivity index (χ2n) is 7.93. The van der Waals surface area contributed by atoms with Crippen molar-refractivity contribution in [3.8, 4) is 5.75 Å².